The van der Waals surface area contributed by atoms with Gasteiger partial charge in [0.15, 0.2) is 0 Å². The third kappa shape index (κ3) is 2.09. The predicted octanol–water partition coefficient (Wildman–Crippen LogP) is 3.33. The van der Waals surface area contributed by atoms with Crippen LogP contribution in [0.25, 0.3) is 22.0 Å². The molecule has 1 aromatic heterocycles. The van der Waals surface area contributed by atoms with E-state index in [1.54, 1.807) is 0 Å². The van der Waals surface area contributed by atoms with Crippen LogP contribution in [0.1, 0.15) is 11.3 Å². The molecule has 22 heavy (non-hydrogen) atoms. The zero-order valence-electron chi connectivity index (χ0n) is 12.3. The second-order valence-corrected chi connectivity index (χ2v) is 5.72. The van der Waals surface area contributed by atoms with Gasteiger partial charge in [-0.05, 0) is 34.7 Å². The van der Waals surface area contributed by atoms with Gasteiger partial charge >= 0.3 is 0 Å². The van der Waals surface area contributed by atoms with Crippen molar-refractivity contribution in [2.75, 3.05) is 13.1 Å². The molecule has 0 saturated heterocycles. The van der Waals surface area contributed by atoms with E-state index in [4.69, 9.17) is 0 Å². The zero-order valence-corrected chi connectivity index (χ0v) is 12.3. The molecular formula is C19H17N3. The van der Waals surface area contributed by atoms with Crippen LogP contribution < -0.4 is 5.32 Å². The number of fused-ring (bicyclic) bond motifs is 3. The van der Waals surface area contributed by atoms with Gasteiger partial charge < -0.3 is 9.88 Å². The molecule has 0 atom stereocenters. The molecular weight excluding hydrogens is 270 g/mol. The molecule has 0 unspecified atom stereocenters. The highest BCUT2D eigenvalue weighted by Gasteiger charge is 2.13. The molecule has 0 amide bonds. The smallest absolute Gasteiger partial charge is 0.0998 e. The fraction of sp³-hybridized carbons (Fsp3) is 0.211. The summed E-state index contributed by atoms with van der Waals surface area (Å²) in [6.07, 6.45) is 1.07. The Balaban J connectivity index is 1.90. The molecule has 0 bridgehead atoms. The van der Waals surface area contributed by atoms with Crippen molar-refractivity contribution in [1.29, 1.82) is 5.26 Å². The lowest BCUT2D eigenvalue weighted by Gasteiger charge is -2.08. The quantitative estimate of drug-likeness (QED) is 0.746. The molecule has 3 aromatic rings. The van der Waals surface area contributed by atoms with Crippen LogP contribution >= 0.6 is 0 Å². The van der Waals surface area contributed by atoms with Crippen molar-refractivity contribution in [3.63, 3.8) is 0 Å². The number of aromatic nitrogens is 1. The summed E-state index contributed by atoms with van der Waals surface area (Å²) in [5, 5.41) is 14.1. The molecule has 108 valence electrons. The van der Waals surface area contributed by atoms with Gasteiger partial charge in [-0.3, -0.25) is 0 Å². The van der Waals surface area contributed by atoms with E-state index in [9.17, 15) is 5.26 Å². The Bertz CT molecular complexity index is 883. The Morgan fingerprint density at radius 1 is 1.05 bits per heavy atom. The predicted molar refractivity (Wildman–Crippen MR) is 88.7 cm³/mol. The highest BCUT2D eigenvalue weighted by molar-refractivity contribution is 5.87. The largest absolute Gasteiger partial charge is 0.343 e. The van der Waals surface area contributed by atoms with Gasteiger partial charge in [-0.2, -0.15) is 5.26 Å². The number of nitrogens with one attached hydrogen (secondary N) is 1. The Morgan fingerprint density at radius 2 is 1.95 bits per heavy atom. The molecule has 2 heterocycles. The second-order valence-electron chi connectivity index (χ2n) is 5.72. The average Bonchev–Trinajstić information content (AvgIpc) is 2.75. The summed E-state index contributed by atoms with van der Waals surface area (Å²) >= 11 is 0. The highest BCUT2D eigenvalue weighted by Crippen LogP contribution is 2.29. The maximum absolute atomic E-state index is 9.32. The molecule has 3 heteroatoms. The molecule has 2 aromatic carbocycles. The van der Waals surface area contributed by atoms with Crippen molar-refractivity contribution in [3.05, 3.63) is 59.8 Å². The van der Waals surface area contributed by atoms with Crippen LogP contribution in [0.5, 0.6) is 0 Å². The Kier molecular flexibility index (Phi) is 3.17. The minimum atomic E-state index is 0.728. The van der Waals surface area contributed by atoms with Gasteiger partial charge in [0, 0.05) is 37.3 Å². The van der Waals surface area contributed by atoms with E-state index in [0.717, 1.165) is 42.7 Å². The molecule has 1 aliphatic rings. The van der Waals surface area contributed by atoms with Crippen LogP contribution in [0.15, 0.2) is 48.5 Å². The highest BCUT2D eigenvalue weighted by atomic mass is 15.0. The zero-order chi connectivity index (χ0) is 14.9. The van der Waals surface area contributed by atoms with Gasteiger partial charge in [0.05, 0.1) is 11.6 Å². The summed E-state index contributed by atoms with van der Waals surface area (Å²) in [5.74, 6) is 0. The molecule has 3 nitrogen and oxygen atoms in total. The van der Waals surface area contributed by atoms with Crippen molar-refractivity contribution in [1.82, 2.24) is 9.88 Å². The lowest BCUT2D eigenvalue weighted by atomic mass is 9.99. The normalized spacial score (nSPS) is 14.3. The molecule has 0 radical (unpaired) electrons. The lowest BCUT2D eigenvalue weighted by Crippen LogP contribution is -2.17. The number of nitrogens with zero attached hydrogens (tertiary/aromatic N) is 2. The fourth-order valence-corrected chi connectivity index (χ4v) is 3.31. The second kappa shape index (κ2) is 5.32. The van der Waals surface area contributed by atoms with Crippen LogP contribution in [0.4, 0.5) is 0 Å². The summed E-state index contributed by atoms with van der Waals surface area (Å²) in [6, 6.07) is 18.9. The first-order chi connectivity index (χ1) is 10.9. The first kappa shape index (κ1) is 13.1. The van der Waals surface area contributed by atoms with Gasteiger partial charge in [0.25, 0.3) is 0 Å². The van der Waals surface area contributed by atoms with E-state index < -0.39 is 0 Å². The number of hydrogen-bond donors (Lipinski definition) is 1. The fourth-order valence-electron chi connectivity index (χ4n) is 3.31. The van der Waals surface area contributed by atoms with Crippen molar-refractivity contribution in [2.24, 2.45) is 0 Å². The van der Waals surface area contributed by atoms with E-state index in [2.05, 4.69) is 40.2 Å². The SMILES string of the molecule is N#Cc1ccccc1-c1ccc2cc3n(c2c1)CCNCC3. The summed E-state index contributed by atoms with van der Waals surface area (Å²) < 4.78 is 2.41. The average molecular weight is 287 g/mol. The molecule has 0 saturated carbocycles. The van der Waals surface area contributed by atoms with Gasteiger partial charge in [-0.25, -0.2) is 0 Å². The summed E-state index contributed by atoms with van der Waals surface area (Å²) in [6.45, 7) is 3.05. The first-order valence-electron chi connectivity index (χ1n) is 7.69. The first-order valence-corrected chi connectivity index (χ1v) is 7.69. The minimum Gasteiger partial charge on any atom is -0.343 e. The van der Waals surface area contributed by atoms with Crippen LogP contribution in [-0.2, 0) is 13.0 Å². The number of nitriles is 1. The Labute approximate surface area is 129 Å². The summed E-state index contributed by atoms with van der Waals surface area (Å²) in [4.78, 5) is 0. The van der Waals surface area contributed by atoms with E-state index >= 15 is 0 Å². The Hall–Kier alpha value is -2.57. The summed E-state index contributed by atoms with van der Waals surface area (Å²) in [7, 11) is 0. The minimum absolute atomic E-state index is 0.728. The van der Waals surface area contributed by atoms with E-state index in [1.165, 1.54) is 16.6 Å². The third-order valence-corrected chi connectivity index (χ3v) is 4.42. The van der Waals surface area contributed by atoms with E-state index in [1.807, 2.05) is 24.3 Å². The molecule has 0 aliphatic carbocycles. The molecule has 1 aliphatic heterocycles. The maximum atomic E-state index is 9.32. The molecule has 0 spiro atoms. The summed E-state index contributed by atoms with van der Waals surface area (Å²) in [5.41, 5.74) is 5.51. The topological polar surface area (TPSA) is 40.8 Å². The van der Waals surface area contributed by atoms with E-state index in [-0.39, 0.29) is 0 Å². The maximum Gasteiger partial charge on any atom is 0.0998 e. The van der Waals surface area contributed by atoms with Crippen molar-refractivity contribution >= 4 is 10.9 Å². The molecule has 0 fully saturated rings. The lowest BCUT2D eigenvalue weighted by molar-refractivity contribution is 0.658. The third-order valence-electron chi connectivity index (χ3n) is 4.42. The van der Waals surface area contributed by atoms with Crippen LogP contribution in [0.3, 0.4) is 0 Å². The van der Waals surface area contributed by atoms with Crippen LogP contribution in [0.2, 0.25) is 0 Å². The molecule has 1 N–H and O–H groups in total. The Morgan fingerprint density at radius 3 is 2.86 bits per heavy atom. The van der Waals surface area contributed by atoms with Crippen molar-refractivity contribution < 1.29 is 0 Å². The monoisotopic (exact) mass is 287 g/mol. The number of rotatable bonds is 1. The van der Waals surface area contributed by atoms with Crippen molar-refractivity contribution in [2.45, 2.75) is 13.0 Å². The van der Waals surface area contributed by atoms with Crippen molar-refractivity contribution in [3.8, 4) is 17.2 Å². The number of hydrogen-bond acceptors (Lipinski definition) is 2. The number of benzene rings is 2. The van der Waals surface area contributed by atoms with E-state index in [0.29, 0.717) is 0 Å². The molecule has 4 rings (SSSR count). The standard InChI is InChI=1S/C19H17N3/c20-13-16-3-1-2-4-18(16)14-5-6-15-11-17-7-8-21-9-10-22(17)19(15)12-14/h1-6,11-12,21H,7-10H2. The van der Waals surface area contributed by atoms with Gasteiger partial charge in [0.2, 0.25) is 0 Å². The van der Waals surface area contributed by atoms with Gasteiger partial charge in [0.1, 0.15) is 0 Å². The van der Waals surface area contributed by atoms with Gasteiger partial charge in [-0.1, -0.05) is 30.3 Å². The van der Waals surface area contributed by atoms with Gasteiger partial charge in [-0.15, -0.1) is 0 Å². The van der Waals surface area contributed by atoms with Crippen LogP contribution in [-0.4, -0.2) is 17.7 Å². The van der Waals surface area contributed by atoms with Crippen LogP contribution in [0, 0.1) is 11.3 Å².